The second kappa shape index (κ2) is 7.51. The van der Waals surface area contributed by atoms with E-state index in [4.69, 9.17) is 4.74 Å². The van der Waals surface area contributed by atoms with Gasteiger partial charge in [0.25, 0.3) is 5.91 Å². The predicted molar refractivity (Wildman–Crippen MR) is 99.3 cm³/mol. The standard InChI is InChI=1S/C18H21N5O2S/c1-2-13-10-26-16(22-13)9-20-18(24)12-7-15-17(19-8-12)23(11-21-15)14-3-5-25-6-4-14/h7-8,10-11,14H,2-6,9H2,1H3,(H,20,24). The lowest BCUT2D eigenvalue weighted by Gasteiger charge is -2.23. The number of aromatic nitrogens is 4. The van der Waals surface area contributed by atoms with Crippen LogP contribution < -0.4 is 5.32 Å². The molecule has 0 bridgehead atoms. The average Bonchev–Trinajstić information content (AvgIpc) is 3.33. The Morgan fingerprint density at radius 3 is 3.00 bits per heavy atom. The fraction of sp³-hybridized carbons (Fsp3) is 0.444. The van der Waals surface area contributed by atoms with E-state index in [9.17, 15) is 4.79 Å². The highest BCUT2D eigenvalue weighted by Gasteiger charge is 2.19. The molecule has 1 amide bonds. The van der Waals surface area contributed by atoms with Gasteiger partial charge in [-0.05, 0) is 25.3 Å². The summed E-state index contributed by atoms with van der Waals surface area (Å²) in [6, 6.07) is 2.16. The minimum absolute atomic E-state index is 0.159. The summed E-state index contributed by atoms with van der Waals surface area (Å²) in [6.45, 7) is 4.03. The lowest BCUT2D eigenvalue weighted by molar-refractivity contribution is 0.0704. The van der Waals surface area contributed by atoms with E-state index in [1.807, 2.05) is 11.7 Å². The fourth-order valence-electron chi connectivity index (χ4n) is 3.12. The number of thiazole rings is 1. The van der Waals surface area contributed by atoms with E-state index in [0.717, 1.165) is 54.3 Å². The first-order valence-electron chi connectivity index (χ1n) is 8.86. The Balaban J connectivity index is 1.47. The van der Waals surface area contributed by atoms with Crippen LogP contribution in [0.3, 0.4) is 0 Å². The van der Waals surface area contributed by atoms with Gasteiger partial charge in [0.15, 0.2) is 5.65 Å². The van der Waals surface area contributed by atoms with Crippen LogP contribution in [0.4, 0.5) is 0 Å². The van der Waals surface area contributed by atoms with E-state index < -0.39 is 0 Å². The summed E-state index contributed by atoms with van der Waals surface area (Å²) < 4.78 is 7.52. The van der Waals surface area contributed by atoms with Crippen molar-refractivity contribution in [3.63, 3.8) is 0 Å². The number of hydrogen-bond donors (Lipinski definition) is 1. The minimum atomic E-state index is -0.159. The van der Waals surface area contributed by atoms with Crippen molar-refractivity contribution in [1.82, 2.24) is 24.8 Å². The van der Waals surface area contributed by atoms with E-state index in [0.29, 0.717) is 18.2 Å². The highest BCUT2D eigenvalue weighted by atomic mass is 32.1. The van der Waals surface area contributed by atoms with Crippen LogP contribution in [0.5, 0.6) is 0 Å². The zero-order chi connectivity index (χ0) is 17.9. The molecule has 0 aliphatic carbocycles. The van der Waals surface area contributed by atoms with E-state index >= 15 is 0 Å². The molecule has 1 aliphatic heterocycles. The molecule has 0 spiro atoms. The Morgan fingerprint density at radius 2 is 2.23 bits per heavy atom. The summed E-state index contributed by atoms with van der Waals surface area (Å²) >= 11 is 1.57. The molecule has 1 N–H and O–H groups in total. The Labute approximate surface area is 155 Å². The van der Waals surface area contributed by atoms with Crippen molar-refractivity contribution in [2.45, 2.75) is 38.8 Å². The van der Waals surface area contributed by atoms with Gasteiger partial charge in [-0.3, -0.25) is 4.79 Å². The molecule has 1 saturated heterocycles. The molecular formula is C18H21N5O2S. The van der Waals surface area contributed by atoms with Crippen LogP contribution in [0.15, 0.2) is 24.0 Å². The lowest BCUT2D eigenvalue weighted by atomic mass is 10.1. The van der Waals surface area contributed by atoms with Crippen molar-refractivity contribution in [2.75, 3.05) is 13.2 Å². The highest BCUT2D eigenvalue weighted by molar-refractivity contribution is 7.09. The van der Waals surface area contributed by atoms with Crippen molar-refractivity contribution < 1.29 is 9.53 Å². The smallest absolute Gasteiger partial charge is 0.253 e. The summed E-state index contributed by atoms with van der Waals surface area (Å²) in [5.41, 5.74) is 3.13. The fourth-order valence-corrected chi connectivity index (χ4v) is 3.94. The van der Waals surface area contributed by atoms with Gasteiger partial charge in [-0.15, -0.1) is 11.3 Å². The molecule has 4 rings (SSSR count). The van der Waals surface area contributed by atoms with Crippen LogP contribution in [0.2, 0.25) is 0 Å². The van der Waals surface area contributed by atoms with Gasteiger partial charge in [0.2, 0.25) is 0 Å². The third-order valence-corrected chi connectivity index (χ3v) is 5.52. The van der Waals surface area contributed by atoms with Gasteiger partial charge >= 0.3 is 0 Å². The number of amides is 1. The third kappa shape index (κ3) is 3.47. The lowest BCUT2D eigenvalue weighted by Crippen LogP contribution is -2.23. The van der Waals surface area contributed by atoms with Gasteiger partial charge in [-0.2, -0.15) is 0 Å². The minimum Gasteiger partial charge on any atom is -0.381 e. The molecule has 0 radical (unpaired) electrons. The quantitative estimate of drug-likeness (QED) is 0.746. The number of carbonyl (C=O) groups is 1. The second-order valence-corrected chi connectivity index (χ2v) is 7.27. The molecule has 8 heteroatoms. The molecule has 4 heterocycles. The average molecular weight is 371 g/mol. The molecule has 1 fully saturated rings. The van der Waals surface area contributed by atoms with Crippen LogP contribution in [-0.4, -0.2) is 38.6 Å². The SMILES string of the molecule is CCc1csc(CNC(=O)c2cnc3c(c2)ncn3C2CCOCC2)n1. The predicted octanol–water partition coefficient (Wildman–Crippen LogP) is 2.73. The van der Waals surface area contributed by atoms with E-state index in [1.54, 1.807) is 23.6 Å². The molecular weight excluding hydrogens is 350 g/mol. The van der Waals surface area contributed by atoms with Crippen LogP contribution in [0.1, 0.15) is 46.9 Å². The number of fused-ring (bicyclic) bond motifs is 1. The van der Waals surface area contributed by atoms with Gasteiger partial charge in [0.05, 0.1) is 24.1 Å². The molecule has 0 saturated carbocycles. The van der Waals surface area contributed by atoms with Crippen molar-refractivity contribution in [1.29, 1.82) is 0 Å². The first-order chi connectivity index (χ1) is 12.7. The second-order valence-electron chi connectivity index (χ2n) is 6.33. The largest absolute Gasteiger partial charge is 0.381 e. The first kappa shape index (κ1) is 17.1. The number of aryl methyl sites for hydroxylation is 1. The van der Waals surface area contributed by atoms with Gasteiger partial charge < -0.3 is 14.6 Å². The van der Waals surface area contributed by atoms with E-state index in [1.165, 1.54) is 0 Å². The van der Waals surface area contributed by atoms with Crippen molar-refractivity contribution in [2.24, 2.45) is 0 Å². The summed E-state index contributed by atoms with van der Waals surface area (Å²) in [5, 5.41) is 5.84. The molecule has 3 aromatic rings. The number of ether oxygens (including phenoxy) is 1. The number of rotatable bonds is 5. The Bertz CT molecular complexity index is 913. The third-order valence-electron chi connectivity index (χ3n) is 4.62. The zero-order valence-corrected chi connectivity index (χ0v) is 15.5. The van der Waals surface area contributed by atoms with Gasteiger partial charge in [0.1, 0.15) is 10.5 Å². The molecule has 3 aromatic heterocycles. The Kier molecular flexibility index (Phi) is 4.94. The molecule has 136 valence electrons. The van der Waals surface area contributed by atoms with Crippen molar-refractivity contribution >= 4 is 28.4 Å². The molecule has 1 aliphatic rings. The summed E-state index contributed by atoms with van der Waals surface area (Å²) in [5.74, 6) is -0.159. The summed E-state index contributed by atoms with van der Waals surface area (Å²) in [6.07, 6.45) is 6.26. The number of pyridine rings is 1. The molecule has 0 unspecified atom stereocenters. The number of hydrogen-bond acceptors (Lipinski definition) is 6. The van der Waals surface area contributed by atoms with Gasteiger partial charge in [-0.25, -0.2) is 15.0 Å². The maximum Gasteiger partial charge on any atom is 0.253 e. The van der Waals surface area contributed by atoms with Crippen LogP contribution in [0.25, 0.3) is 11.2 Å². The molecule has 26 heavy (non-hydrogen) atoms. The maximum absolute atomic E-state index is 12.4. The molecule has 7 nitrogen and oxygen atoms in total. The normalized spacial score (nSPS) is 15.4. The van der Waals surface area contributed by atoms with Crippen LogP contribution in [-0.2, 0) is 17.7 Å². The number of nitrogens with one attached hydrogen (secondary N) is 1. The monoisotopic (exact) mass is 371 g/mol. The Morgan fingerprint density at radius 1 is 1.38 bits per heavy atom. The number of nitrogens with zero attached hydrogens (tertiary/aromatic N) is 4. The van der Waals surface area contributed by atoms with E-state index in [-0.39, 0.29) is 5.91 Å². The van der Waals surface area contributed by atoms with Gasteiger partial charge in [0, 0.05) is 30.8 Å². The zero-order valence-electron chi connectivity index (χ0n) is 14.6. The van der Waals surface area contributed by atoms with Crippen LogP contribution in [0, 0.1) is 0 Å². The Hall–Kier alpha value is -2.32. The summed E-state index contributed by atoms with van der Waals surface area (Å²) in [4.78, 5) is 25.8. The summed E-state index contributed by atoms with van der Waals surface area (Å²) in [7, 11) is 0. The first-order valence-corrected chi connectivity index (χ1v) is 9.74. The number of carbonyl (C=O) groups excluding carboxylic acids is 1. The maximum atomic E-state index is 12.4. The van der Waals surface area contributed by atoms with Crippen molar-refractivity contribution in [3.8, 4) is 0 Å². The molecule has 0 atom stereocenters. The van der Waals surface area contributed by atoms with Crippen LogP contribution >= 0.6 is 11.3 Å². The number of imidazole rings is 1. The highest BCUT2D eigenvalue weighted by Crippen LogP contribution is 2.24. The van der Waals surface area contributed by atoms with Crippen molar-refractivity contribution in [3.05, 3.63) is 40.2 Å². The van der Waals surface area contributed by atoms with Gasteiger partial charge in [-0.1, -0.05) is 6.92 Å². The topological polar surface area (TPSA) is 81.9 Å². The van der Waals surface area contributed by atoms with E-state index in [2.05, 4.69) is 31.8 Å². The molecule has 0 aromatic carbocycles.